The van der Waals surface area contributed by atoms with Gasteiger partial charge in [-0.2, -0.15) is 0 Å². The molecule has 1 aliphatic heterocycles. The first kappa shape index (κ1) is 8.09. The third kappa shape index (κ3) is 1.62. The van der Waals surface area contributed by atoms with Crippen molar-refractivity contribution in [1.29, 1.82) is 0 Å². The molecule has 1 aromatic carbocycles. The number of nitrogens with zero attached hydrogens (tertiary/aromatic N) is 1. The first-order valence-corrected chi connectivity index (χ1v) is 4.80. The molecule has 0 spiro atoms. The van der Waals surface area contributed by atoms with Crippen LogP contribution >= 0.6 is 11.6 Å². The smallest absolute Gasteiger partial charge is 0.0476 e. The number of benzene rings is 1. The summed E-state index contributed by atoms with van der Waals surface area (Å²) in [6.07, 6.45) is 0. The van der Waals surface area contributed by atoms with Crippen LogP contribution in [0.3, 0.4) is 0 Å². The lowest BCUT2D eigenvalue weighted by atomic mass is 10.2. The van der Waals surface area contributed by atoms with Gasteiger partial charge >= 0.3 is 0 Å². The summed E-state index contributed by atoms with van der Waals surface area (Å²) >= 11 is 5.65. The molecule has 0 bridgehead atoms. The van der Waals surface area contributed by atoms with Gasteiger partial charge in [-0.3, -0.25) is 4.90 Å². The number of hydrogen-bond donors (Lipinski definition) is 0. The van der Waals surface area contributed by atoms with Crippen molar-refractivity contribution in [3.8, 4) is 0 Å². The monoisotopic (exact) mass is 181 g/mol. The van der Waals surface area contributed by atoms with Gasteiger partial charge < -0.3 is 0 Å². The molecule has 1 aliphatic rings. The minimum absolute atomic E-state index is 0.643. The van der Waals surface area contributed by atoms with Crippen molar-refractivity contribution in [1.82, 2.24) is 4.90 Å². The van der Waals surface area contributed by atoms with E-state index in [1.54, 1.807) is 0 Å². The molecule has 1 nitrogen and oxygen atoms in total. The Hall–Kier alpha value is -0.530. The molecule has 1 aromatic rings. The minimum Gasteiger partial charge on any atom is -0.292 e. The SMILES string of the molecule is ClCCN1C[C@@H]1c1ccccc1. The van der Waals surface area contributed by atoms with E-state index in [1.165, 1.54) is 12.1 Å². The maximum atomic E-state index is 5.65. The highest BCUT2D eigenvalue weighted by molar-refractivity contribution is 6.18. The zero-order chi connectivity index (χ0) is 8.39. The molecule has 0 saturated carbocycles. The number of halogens is 1. The molecule has 64 valence electrons. The second-order valence-electron chi connectivity index (χ2n) is 3.11. The standard InChI is InChI=1S/C10H12ClN/c11-6-7-12-8-10(12)9-4-2-1-3-5-9/h1-5,10H,6-8H2/t10-,12?/m1/s1. The van der Waals surface area contributed by atoms with E-state index in [4.69, 9.17) is 11.6 Å². The largest absolute Gasteiger partial charge is 0.292 e. The lowest BCUT2D eigenvalue weighted by Crippen LogP contribution is -2.01. The van der Waals surface area contributed by atoms with Crippen LogP contribution in [0.5, 0.6) is 0 Å². The number of alkyl halides is 1. The third-order valence-electron chi connectivity index (χ3n) is 2.27. The molecule has 2 rings (SSSR count). The lowest BCUT2D eigenvalue weighted by molar-refractivity contribution is 0.547. The molecular formula is C10H12ClN. The van der Waals surface area contributed by atoms with Crippen LogP contribution in [0.25, 0.3) is 0 Å². The zero-order valence-corrected chi connectivity index (χ0v) is 7.67. The molecular weight excluding hydrogens is 170 g/mol. The molecule has 0 amide bonds. The molecule has 0 N–H and O–H groups in total. The summed E-state index contributed by atoms with van der Waals surface area (Å²) in [5.74, 6) is 0.739. The second-order valence-corrected chi connectivity index (χ2v) is 3.49. The average Bonchev–Trinajstić information content (AvgIpc) is 2.87. The maximum absolute atomic E-state index is 5.65. The molecule has 1 heterocycles. The Kier molecular flexibility index (Phi) is 2.33. The topological polar surface area (TPSA) is 3.01 Å². The Balaban J connectivity index is 1.97. The molecule has 0 radical (unpaired) electrons. The highest BCUT2D eigenvalue weighted by Gasteiger charge is 2.33. The fourth-order valence-electron chi connectivity index (χ4n) is 1.52. The first-order chi connectivity index (χ1) is 5.92. The summed E-state index contributed by atoms with van der Waals surface area (Å²) in [4.78, 5) is 2.38. The molecule has 0 aromatic heterocycles. The van der Waals surface area contributed by atoms with Crippen LogP contribution in [-0.2, 0) is 0 Å². The molecule has 2 atom stereocenters. The van der Waals surface area contributed by atoms with Crippen LogP contribution < -0.4 is 0 Å². The molecule has 1 saturated heterocycles. The van der Waals surface area contributed by atoms with Gasteiger partial charge in [-0.05, 0) is 5.56 Å². The highest BCUT2D eigenvalue weighted by Crippen LogP contribution is 2.33. The second kappa shape index (κ2) is 3.46. The van der Waals surface area contributed by atoms with Gasteiger partial charge in [-0.25, -0.2) is 0 Å². The summed E-state index contributed by atoms with van der Waals surface area (Å²) in [6.45, 7) is 2.19. The van der Waals surface area contributed by atoms with E-state index in [1.807, 2.05) is 0 Å². The lowest BCUT2D eigenvalue weighted by Gasteiger charge is -1.99. The molecule has 2 heteroatoms. The van der Waals surface area contributed by atoms with Crippen LogP contribution in [-0.4, -0.2) is 23.9 Å². The van der Waals surface area contributed by atoms with E-state index < -0.39 is 0 Å². The van der Waals surface area contributed by atoms with E-state index in [-0.39, 0.29) is 0 Å². The summed E-state index contributed by atoms with van der Waals surface area (Å²) in [5.41, 5.74) is 1.42. The average molecular weight is 182 g/mol. The van der Waals surface area contributed by atoms with Gasteiger partial charge in [0.15, 0.2) is 0 Å². The molecule has 1 fully saturated rings. The van der Waals surface area contributed by atoms with Crippen LogP contribution in [0.4, 0.5) is 0 Å². The van der Waals surface area contributed by atoms with Gasteiger partial charge in [0.25, 0.3) is 0 Å². The third-order valence-corrected chi connectivity index (χ3v) is 2.44. The van der Waals surface area contributed by atoms with Crippen LogP contribution in [0.1, 0.15) is 11.6 Å². The summed E-state index contributed by atoms with van der Waals surface area (Å²) in [7, 11) is 0. The Labute approximate surface area is 77.9 Å². The Morgan fingerprint density at radius 2 is 2.08 bits per heavy atom. The van der Waals surface area contributed by atoms with Crippen molar-refractivity contribution in [2.45, 2.75) is 6.04 Å². The van der Waals surface area contributed by atoms with Crippen molar-refractivity contribution in [2.75, 3.05) is 19.0 Å². The maximum Gasteiger partial charge on any atom is 0.0476 e. The summed E-state index contributed by atoms with van der Waals surface area (Å²) < 4.78 is 0. The number of hydrogen-bond acceptors (Lipinski definition) is 1. The van der Waals surface area contributed by atoms with Gasteiger partial charge in [-0.15, -0.1) is 11.6 Å². The Morgan fingerprint density at radius 3 is 2.75 bits per heavy atom. The van der Waals surface area contributed by atoms with Crippen molar-refractivity contribution >= 4 is 11.6 Å². The predicted molar refractivity (Wildman–Crippen MR) is 51.5 cm³/mol. The quantitative estimate of drug-likeness (QED) is 0.511. The molecule has 12 heavy (non-hydrogen) atoms. The zero-order valence-electron chi connectivity index (χ0n) is 6.91. The van der Waals surface area contributed by atoms with E-state index in [2.05, 4.69) is 35.2 Å². The normalized spacial score (nSPS) is 27.1. The fraction of sp³-hybridized carbons (Fsp3) is 0.400. The Bertz CT molecular complexity index is 247. The summed E-state index contributed by atoms with van der Waals surface area (Å²) in [6, 6.07) is 11.2. The van der Waals surface area contributed by atoms with Gasteiger partial charge in [0.2, 0.25) is 0 Å². The molecule has 0 aliphatic carbocycles. The number of rotatable bonds is 3. The van der Waals surface area contributed by atoms with Crippen LogP contribution in [0.2, 0.25) is 0 Å². The van der Waals surface area contributed by atoms with E-state index in [9.17, 15) is 0 Å². The van der Waals surface area contributed by atoms with Crippen LogP contribution in [0.15, 0.2) is 30.3 Å². The van der Waals surface area contributed by atoms with E-state index >= 15 is 0 Å². The van der Waals surface area contributed by atoms with Crippen molar-refractivity contribution in [2.24, 2.45) is 0 Å². The van der Waals surface area contributed by atoms with Crippen LogP contribution in [0, 0.1) is 0 Å². The fourth-order valence-corrected chi connectivity index (χ4v) is 1.74. The van der Waals surface area contributed by atoms with Crippen molar-refractivity contribution < 1.29 is 0 Å². The van der Waals surface area contributed by atoms with Gasteiger partial charge in [0.1, 0.15) is 0 Å². The first-order valence-electron chi connectivity index (χ1n) is 4.27. The van der Waals surface area contributed by atoms with Crippen molar-refractivity contribution in [3.63, 3.8) is 0 Å². The van der Waals surface area contributed by atoms with E-state index in [0.717, 1.165) is 12.4 Å². The highest BCUT2D eigenvalue weighted by atomic mass is 35.5. The Morgan fingerprint density at radius 1 is 1.33 bits per heavy atom. The minimum atomic E-state index is 0.643. The van der Waals surface area contributed by atoms with Gasteiger partial charge in [-0.1, -0.05) is 30.3 Å². The van der Waals surface area contributed by atoms with E-state index in [0.29, 0.717) is 6.04 Å². The van der Waals surface area contributed by atoms with Gasteiger partial charge in [0.05, 0.1) is 0 Å². The summed E-state index contributed by atoms with van der Waals surface area (Å²) in [5, 5.41) is 0. The van der Waals surface area contributed by atoms with Gasteiger partial charge in [0, 0.05) is 25.0 Å². The molecule has 1 unspecified atom stereocenters. The van der Waals surface area contributed by atoms with Crippen molar-refractivity contribution in [3.05, 3.63) is 35.9 Å². The predicted octanol–water partition coefficient (Wildman–Crippen LogP) is 2.28.